The fraction of sp³-hybridized carbons (Fsp3) is 0.471. The van der Waals surface area contributed by atoms with Crippen molar-refractivity contribution in [3.8, 4) is 0 Å². The van der Waals surface area contributed by atoms with E-state index in [9.17, 15) is 24.5 Å². The first-order chi connectivity index (χ1) is 12.5. The number of carbonyl (C=O) groups is 3. The predicted molar refractivity (Wildman–Crippen MR) is 92.6 cm³/mol. The third-order valence-electron chi connectivity index (χ3n) is 3.79. The van der Waals surface area contributed by atoms with Gasteiger partial charge in [-0.1, -0.05) is 6.07 Å². The minimum atomic E-state index is -1.10. The summed E-state index contributed by atoms with van der Waals surface area (Å²) in [5.74, 6) is -2.34. The second-order valence-electron chi connectivity index (χ2n) is 7.10. The largest absolute Gasteiger partial charge is 0.481 e. The number of carbonyl (C=O) groups excluding carboxylic acids is 2. The van der Waals surface area contributed by atoms with Crippen LogP contribution in [0.3, 0.4) is 0 Å². The van der Waals surface area contributed by atoms with Gasteiger partial charge in [-0.05, 0) is 33.3 Å². The molecule has 1 aromatic carbocycles. The highest BCUT2D eigenvalue weighted by Crippen LogP contribution is 2.30. The van der Waals surface area contributed by atoms with E-state index in [-0.39, 0.29) is 36.2 Å². The van der Waals surface area contributed by atoms with Crippen molar-refractivity contribution < 1.29 is 29.2 Å². The molecule has 1 atom stereocenters. The van der Waals surface area contributed by atoms with Crippen LogP contribution in [0.15, 0.2) is 18.2 Å². The first-order valence-corrected chi connectivity index (χ1v) is 8.28. The van der Waals surface area contributed by atoms with Crippen LogP contribution in [-0.2, 0) is 20.9 Å². The molecule has 0 radical (unpaired) electrons. The molecular formula is C17H21N3O7. The number of hydrazine groups is 1. The van der Waals surface area contributed by atoms with E-state index in [1.165, 1.54) is 18.2 Å². The average molecular weight is 379 g/mol. The van der Waals surface area contributed by atoms with Gasteiger partial charge >= 0.3 is 11.9 Å². The molecule has 0 fully saturated rings. The molecule has 0 unspecified atom stereocenters. The number of ether oxygens (including phenoxy) is 1. The number of nitrogens with one attached hydrogen (secondary N) is 1. The molecule has 0 bridgehead atoms. The molecule has 2 rings (SSSR count). The number of esters is 1. The molecule has 0 aliphatic carbocycles. The van der Waals surface area contributed by atoms with Gasteiger partial charge in [0.05, 0.1) is 22.6 Å². The van der Waals surface area contributed by atoms with E-state index in [0.717, 1.165) is 5.01 Å². The number of nitrogens with zero attached hydrogens (tertiary/aromatic N) is 2. The molecule has 146 valence electrons. The summed E-state index contributed by atoms with van der Waals surface area (Å²) >= 11 is 0. The van der Waals surface area contributed by atoms with Crippen LogP contribution in [0, 0.1) is 10.1 Å². The molecule has 27 heavy (non-hydrogen) atoms. The van der Waals surface area contributed by atoms with Crippen molar-refractivity contribution >= 4 is 23.5 Å². The summed E-state index contributed by atoms with van der Waals surface area (Å²) < 4.78 is 5.28. The van der Waals surface area contributed by atoms with Crippen molar-refractivity contribution in [1.29, 1.82) is 0 Å². The Morgan fingerprint density at radius 3 is 2.63 bits per heavy atom. The fourth-order valence-electron chi connectivity index (χ4n) is 2.66. The zero-order valence-electron chi connectivity index (χ0n) is 15.2. The van der Waals surface area contributed by atoms with E-state index in [1.54, 1.807) is 20.8 Å². The van der Waals surface area contributed by atoms with Crippen LogP contribution in [0.4, 0.5) is 5.69 Å². The van der Waals surface area contributed by atoms with Crippen molar-refractivity contribution in [3.05, 3.63) is 39.4 Å². The molecular weight excluding hydrogens is 358 g/mol. The lowest BCUT2D eigenvalue weighted by atomic mass is 10.1. The second-order valence-corrected chi connectivity index (χ2v) is 7.10. The van der Waals surface area contributed by atoms with Crippen LogP contribution in [0.1, 0.15) is 49.5 Å². The van der Waals surface area contributed by atoms with E-state index in [2.05, 4.69) is 5.43 Å². The Bertz CT molecular complexity index is 785. The molecule has 0 spiro atoms. The van der Waals surface area contributed by atoms with Gasteiger partial charge in [0.2, 0.25) is 0 Å². The van der Waals surface area contributed by atoms with E-state index in [0.29, 0.717) is 0 Å². The minimum absolute atomic E-state index is 0.105. The first kappa shape index (κ1) is 20.3. The molecule has 0 saturated carbocycles. The SMILES string of the molecule is CC(C)(C)OC(=O)[C@H](CCC(=O)O)NN1Cc2c(cccc2[N+](=O)[O-])C1=O. The summed E-state index contributed by atoms with van der Waals surface area (Å²) in [6.07, 6.45) is -0.418. The molecule has 1 aromatic rings. The minimum Gasteiger partial charge on any atom is -0.481 e. The van der Waals surface area contributed by atoms with E-state index >= 15 is 0 Å². The Hall–Kier alpha value is -3.01. The lowest BCUT2D eigenvalue weighted by Crippen LogP contribution is -2.50. The van der Waals surface area contributed by atoms with Crippen molar-refractivity contribution in [2.75, 3.05) is 0 Å². The molecule has 2 N–H and O–H groups in total. The van der Waals surface area contributed by atoms with Gasteiger partial charge in [-0.25, -0.2) is 5.43 Å². The van der Waals surface area contributed by atoms with Gasteiger partial charge in [0, 0.05) is 12.5 Å². The van der Waals surface area contributed by atoms with E-state index in [1.807, 2.05) is 0 Å². The van der Waals surface area contributed by atoms with Gasteiger partial charge in [0.1, 0.15) is 11.6 Å². The Balaban J connectivity index is 2.21. The van der Waals surface area contributed by atoms with E-state index < -0.39 is 34.4 Å². The molecule has 0 saturated heterocycles. The maximum Gasteiger partial charge on any atom is 0.325 e. The highest BCUT2D eigenvalue weighted by Gasteiger charge is 2.36. The van der Waals surface area contributed by atoms with Gasteiger partial charge in [0.25, 0.3) is 11.6 Å². The summed E-state index contributed by atoms with van der Waals surface area (Å²) in [6.45, 7) is 4.88. The Kier molecular flexibility index (Phi) is 5.79. The smallest absolute Gasteiger partial charge is 0.325 e. The standard InChI is InChI=1S/C17H21N3O7/c1-17(2,3)27-16(24)12(7-8-14(21)22)18-19-9-11-10(15(19)23)5-4-6-13(11)20(25)26/h4-6,12,18H,7-9H2,1-3H3,(H,21,22)/t12-/m0/s1. The number of rotatable bonds is 7. The average Bonchev–Trinajstić information content (AvgIpc) is 2.85. The molecule has 1 heterocycles. The van der Waals surface area contributed by atoms with Gasteiger partial charge < -0.3 is 9.84 Å². The monoisotopic (exact) mass is 379 g/mol. The Morgan fingerprint density at radius 2 is 2.07 bits per heavy atom. The second kappa shape index (κ2) is 7.70. The van der Waals surface area contributed by atoms with Crippen molar-refractivity contribution in [2.24, 2.45) is 0 Å². The topological polar surface area (TPSA) is 139 Å². The van der Waals surface area contributed by atoms with Crippen LogP contribution in [0.25, 0.3) is 0 Å². The number of aliphatic carboxylic acids is 1. The maximum absolute atomic E-state index is 12.5. The maximum atomic E-state index is 12.5. The number of fused-ring (bicyclic) bond motifs is 1. The zero-order chi connectivity index (χ0) is 20.4. The number of carboxylic acids is 1. The predicted octanol–water partition coefficient (Wildman–Crippen LogP) is 1.63. The van der Waals surface area contributed by atoms with Crippen LogP contribution >= 0.6 is 0 Å². The lowest BCUT2D eigenvalue weighted by Gasteiger charge is -2.27. The Morgan fingerprint density at radius 1 is 1.41 bits per heavy atom. The highest BCUT2D eigenvalue weighted by atomic mass is 16.6. The number of amides is 1. The van der Waals surface area contributed by atoms with Gasteiger partial charge in [-0.2, -0.15) is 0 Å². The first-order valence-electron chi connectivity index (χ1n) is 8.28. The van der Waals surface area contributed by atoms with Gasteiger partial charge in [0.15, 0.2) is 0 Å². The number of benzene rings is 1. The normalized spacial score (nSPS) is 14.6. The van der Waals surface area contributed by atoms with Crippen LogP contribution < -0.4 is 5.43 Å². The van der Waals surface area contributed by atoms with Crippen LogP contribution in [0.2, 0.25) is 0 Å². The summed E-state index contributed by atoms with van der Waals surface area (Å²) in [5, 5.41) is 21.1. The zero-order valence-corrected chi connectivity index (χ0v) is 15.2. The molecule has 10 heteroatoms. The third-order valence-corrected chi connectivity index (χ3v) is 3.79. The number of carboxylic acid groups (broad SMARTS) is 1. The van der Waals surface area contributed by atoms with Gasteiger partial charge in [-0.15, -0.1) is 0 Å². The summed E-state index contributed by atoms with van der Waals surface area (Å²) in [4.78, 5) is 46.4. The summed E-state index contributed by atoms with van der Waals surface area (Å²) in [5.41, 5.74) is 2.10. The molecule has 1 aliphatic rings. The van der Waals surface area contributed by atoms with E-state index in [4.69, 9.17) is 9.84 Å². The lowest BCUT2D eigenvalue weighted by molar-refractivity contribution is -0.385. The van der Waals surface area contributed by atoms with Crippen molar-refractivity contribution in [1.82, 2.24) is 10.4 Å². The van der Waals surface area contributed by atoms with Gasteiger partial charge in [-0.3, -0.25) is 29.5 Å². The third kappa shape index (κ3) is 5.00. The number of nitro benzene ring substituents is 1. The Labute approximate surface area is 155 Å². The van der Waals surface area contributed by atoms with Crippen molar-refractivity contribution in [2.45, 2.75) is 51.8 Å². The number of nitro groups is 1. The number of hydrogen-bond donors (Lipinski definition) is 2. The van der Waals surface area contributed by atoms with Crippen LogP contribution in [-0.4, -0.2) is 44.5 Å². The quantitative estimate of drug-likeness (QED) is 0.414. The number of hydrogen-bond acceptors (Lipinski definition) is 7. The highest BCUT2D eigenvalue weighted by molar-refractivity contribution is 5.99. The summed E-state index contributed by atoms with van der Waals surface area (Å²) in [7, 11) is 0. The molecule has 1 amide bonds. The summed E-state index contributed by atoms with van der Waals surface area (Å²) in [6, 6.07) is 3.09. The molecule has 0 aromatic heterocycles. The fourth-order valence-corrected chi connectivity index (χ4v) is 2.66. The van der Waals surface area contributed by atoms with Crippen molar-refractivity contribution in [3.63, 3.8) is 0 Å². The molecule has 1 aliphatic heterocycles. The molecule has 10 nitrogen and oxygen atoms in total. The van der Waals surface area contributed by atoms with Crippen LogP contribution in [0.5, 0.6) is 0 Å².